The second kappa shape index (κ2) is 4.19. The summed E-state index contributed by atoms with van der Waals surface area (Å²) >= 11 is 0. The van der Waals surface area contributed by atoms with Crippen molar-refractivity contribution in [2.24, 2.45) is 0 Å². The normalized spacial score (nSPS) is 10.3. The van der Waals surface area contributed by atoms with Crippen molar-refractivity contribution in [3.05, 3.63) is 54.0 Å². The van der Waals surface area contributed by atoms with E-state index in [1.165, 1.54) is 12.1 Å². The van der Waals surface area contributed by atoms with Gasteiger partial charge in [-0.2, -0.15) is 0 Å². The Morgan fingerprint density at radius 2 is 2.07 bits per heavy atom. The van der Waals surface area contributed by atoms with Crippen molar-refractivity contribution < 1.29 is 9.50 Å². The van der Waals surface area contributed by atoms with Crippen LogP contribution in [0.15, 0.2) is 42.6 Å². The maximum absolute atomic E-state index is 13.0. The molecule has 3 heteroatoms. The number of aliphatic hydroxyl groups is 1. The van der Waals surface area contributed by atoms with Crippen LogP contribution in [0, 0.1) is 5.82 Å². The fraction of sp³-hybridized carbons (Fsp3) is 0.0833. The SMILES string of the molecule is OCc1cccnc1-c1cccc(F)c1. The summed E-state index contributed by atoms with van der Waals surface area (Å²) in [7, 11) is 0. The van der Waals surface area contributed by atoms with Gasteiger partial charge in [-0.1, -0.05) is 18.2 Å². The predicted molar refractivity (Wildman–Crippen MR) is 55.6 cm³/mol. The Bertz CT molecular complexity index is 471. The lowest BCUT2D eigenvalue weighted by molar-refractivity contribution is 0.282. The highest BCUT2D eigenvalue weighted by atomic mass is 19.1. The highest BCUT2D eigenvalue weighted by molar-refractivity contribution is 5.62. The van der Waals surface area contributed by atoms with E-state index in [0.29, 0.717) is 16.8 Å². The predicted octanol–water partition coefficient (Wildman–Crippen LogP) is 2.38. The molecule has 0 aliphatic rings. The van der Waals surface area contributed by atoms with Crippen molar-refractivity contribution in [1.82, 2.24) is 4.98 Å². The molecule has 0 amide bonds. The molecule has 76 valence electrons. The molecule has 0 aliphatic carbocycles. The zero-order valence-corrected chi connectivity index (χ0v) is 8.02. The molecule has 1 N–H and O–H groups in total. The van der Waals surface area contributed by atoms with Gasteiger partial charge in [0.05, 0.1) is 12.3 Å². The van der Waals surface area contributed by atoms with Gasteiger partial charge in [-0.05, 0) is 18.2 Å². The van der Waals surface area contributed by atoms with Gasteiger partial charge in [0.15, 0.2) is 0 Å². The van der Waals surface area contributed by atoms with E-state index in [1.807, 2.05) is 0 Å². The van der Waals surface area contributed by atoms with Crippen LogP contribution in [0.25, 0.3) is 11.3 Å². The quantitative estimate of drug-likeness (QED) is 0.812. The molecule has 0 saturated carbocycles. The van der Waals surface area contributed by atoms with Crippen LogP contribution in [0.5, 0.6) is 0 Å². The van der Waals surface area contributed by atoms with Crippen LogP contribution in [-0.2, 0) is 6.61 Å². The highest BCUT2D eigenvalue weighted by Crippen LogP contribution is 2.21. The molecule has 0 atom stereocenters. The van der Waals surface area contributed by atoms with Gasteiger partial charge in [0.2, 0.25) is 0 Å². The number of nitrogens with zero attached hydrogens (tertiary/aromatic N) is 1. The van der Waals surface area contributed by atoms with Gasteiger partial charge in [0.1, 0.15) is 5.82 Å². The average Bonchev–Trinajstić information content (AvgIpc) is 2.29. The highest BCUT2D eigenvalue weighted by Gasteiger charge is 2.05. The minimum absolute atomic E-state index is 0.0975. The topological polar surface area (TPSA) is 33.1 Å². The molecule has 0 bridgehead atoms. The van der Waals surface area contributed by atoms with Gasteiger partial charge in [0.25, 0.3) is 0 Å². The first kappa shape index (κ1) is 9.80. The molecule has 0 radical (unpaired) electrons. The fourth-order valence-corrected chi connectivity index (χ4v) is 1.46. The first-order chi connectivity index (χ1) is 7.31. The molecule has 1 aromatic carbocycles. The van der Waals surface area contributed by atoms with E-state index in [-0.39, 0.29) is 12.4 Å². The molecule has 0 aliphatic heterocycles. The molecule has 2 rings (SSSR count). The molecule has 0 saturated heterocycles. The second-order valence-corrected chi connectivity index (χ2v) is 3.18. The van der Waals surface area contributed by atoms with Crippen molar-refractivity contribution in [1.29, 1.82) is 0 Å². The van der Waals surface area contributed by atoms with E-state index in [4.69, 9.17) is 5.11 Å². The Balaban J connectivity index is 2.53. The third-order valence-electron chi connectivity index (χ3n) is 2.16. The van der Waals surface area contributed by atoms with Crippen LogP contribution in [0.1, 0.15) is 5.56 Å². The van der Waals surface area contributed by atoms with E-state index in [2.05, 4.69) is 4.98 Å². The van der Waals surface area contributed by atoms with Gasteiger partial charge in [0, 0.05) is 17.3 Å². The lowest BCUT2D eigenvalue weighted by Gasteiger charge is -2.05. The average molecular weight is 203 g/mol. The third kappa shape index (κ3) is 2.02. The molecule has 2 nitrogen and oxygen atoms in total. The van der Waals surface area contributed by atoms with Gasteiger partial charge in [-0.15, -0.1) is 0 Å². The molecule has 1 heterocycles. The van der Waals surface area contributed by atoms with Crippen LogP contribution in [0.3, 0.4) is 0 Å². The minimum Gasteiger partial charge on any atom is -0.392 e. The zero-order valence-electron chi connectivity index (χ0n) is 8.02. The molecular formula is C12H10FNO. The van der Waals surface area contributed by atoms with Crippen LogP contribution in [0.2, 0.25) is 0 Å². The van der Waals surface area contributed by atoms with Crippen molar-refractivity contribution in [2.75, 3.05) is 0 Å². The van der Waals surface area contributed by atoms with Crippen LogP contribution in [0.4, 0.5) is 4.39 Å². The summed E-state index contributed by atoms with van der Waals surface area (Å²) in [6.45, 7) is -0.0975. The zero-order chi connectivity index (χ0) is 10.7. The van der Waals surface area contributed by atoms with Crippen molar-refractivity contribution in [2.45, 2.75) is 6.61 Å². The number of pyridine rings is 1. The molecule has 1 aromatic heterocycles. The molecule has 0 fully saturated rings. The van der Waals surface area contributed by atoms with E-state index in [0.717, 1.165) is 0 Å². The van der Waals surface area contributed by atoms with Crippen molar-refractivity contribution in [3.8, 4) is 11.3 Å². The number of halogens is 1. The maximum atomic E-state index is 13.0. The summed E-state index contributed by atoms with van der Waals surface area (Å²) in [5.74, 6) is -0.304. The monoisotopic (exact) mass is 203 g/mol. The summed E-state index contributed by atoms with van der Waals surface area (Å²) in [5, 5.41) is 9.12. The van der Waals surface area contributed by atoms with Crippen molar-refractivity contribution >= 4 is 0 Å². The largest absolute Gasteiger partial charge is 0.392 e. The first-order valence-corrected chi connectivity index (χ1v) is 4.62. The molecule has 0 unspecified atom stereocenters. The lowest BCUT2D eigenvalue weighted by atomic mass is 10.1. The van der Waals surface area contributed by atoms with Gasteiger partial charge in [-0.25, -0.2) is 4.39 Å². The van der Waals surface area contributed by atoms with Crippen LogP contribution in [-0.4, -0.2) is 10.1 Å². The summed E-state index contributed by atoms with van der Waals surface area (Å²) in [6, 6.07) is 9.69. The smallest absolute Gasteiger partial charge is 0.123 e. The Labute approximate surface area is 87.0 Å². The fourth-order valence-electron chi connectivity index (χ4n) is 1.46. The maximum Gasteiger partial charge on any atom is 0.123 e. The summed E-state index contributed by atoms with van der Waals surface area (Å²) in [4.78, 5) is 4.13. The Morgan fingerprint density at radius 3 is 2.80 bits per heavy atom. The lowest BCUT2D eigenvalue weighted by Crippen LogP contribution is -1.92. The number of aromatic nitrogens is 1. The Kier molecular flexibility index (Phi) is 2.74. The van der Waals surface area contributed by atoms with E-state index < -0.39 is 0 Å². The third-order valence-corrected chi connectivity index (χ3v) is 2.16. The number of rotatable bonds is 2. The first-order valence-electron chi connectivity index (χ1n) is 4.62. The Morgan fingerprint density at radius 1 is 1.20 bits per heavy atom. The molecule has 0 spiro atoms. The van der Waals surface area contributed by atoms with Gasteiger partial charge in [-0.3, -0.25) is 4.98 Å². The second-order valence-electron chi connectivity index (χ2n) is 3.18. The van der Waals surface area contributed by atoms with E-state index >= 15 is 0 Å². The van der Waals surface area contributed by atoms with Crippen LogP contribution >= 0.6 is 0 Å². The molecule has 15 heavy (non-hydrogen) atoms. The summed E-state index contributed by atoms with van der Waals surface area (Å²) in [6.07, 6.45) is 1.62. The van der Waals surface area contributed by atoms with E-state index in [1.54, 1.807) is 30.5 Å². The van der Waals surface area contributed by atoms with Crippen molar-refractivity contribution in [3.63, 3.8) is 0 Å². The van der Waals surface area contributed by atoms with E-state index in [9.17, 15) is 4.39 Å². The standard InChI is InChI=1S/C12H10FNO/c13-11-5-1-3-9(7-11)12-10(8-15)4-2-6-14-12/h1-7,15H,8H2. The number of hydrogen-bond donors (Lipinski definition) is 1. The molecular weight excluding hydrogens is 193 g/mol. The minimum atomic E-state index is -0.304. The van der Waals surface area contributed by atoms with Gasteiger partial charge < -0.3 is 5.11 Å². The summed E-state index contributed by atoms with van der Waals surface area (Å²) < 4.78 is 13.0. The number of aliphatic hydroxyl groups excluding tert-OH is 1. The summed E-state index contributed by atoms with van der Waals surface area (Å²) in [5.41, 5.74) is 2.00. The van der Waals surface area contributed by atoms with Gasteiger partial charge >= 0.3 is 0 Å². The number of benzene rings is 1. The number of hydrogen-bond acceptors (Lipinski definition) is 2. The Hall–Kier alpha value is -1.74. The molecule has 2 aromatic rings. The van der Waals surface area contributed by atoms with Crippen LogP contribution < -0.4 is 0 Å².